The van der Waals surface area contributed by atoms with Crippen LogP contribution in [0.25, 0.3) is 0 Å². The maximum Gasteiger partial charge on any atom is 0.328 e. The van der Waals surface area contributed by atoms with E-state index in [-0.39, 0.29) is 18.2 Å². The van der Waals surface area contributed by atoms with Crippen LogP contribution in [0.1, 0.15) is 40.5 Å². The van der Waals surface area contributed by atoms with Gasteiger partial charge in [-0.05, 0) is 24.7 Å². The average Bonchev–Trinajstić information content (AvgIpc) is 2.54. The molecule has 1 aliphatic rings. The van der Waals surface area contributed by atoms with Gasteiger partial charge in [0, 0.05) is 12.7 Å². The molecule has 0 spiro atoms. The third-order valence-electron chi connectivity index (χ3n) is 3.06. The van der Waals surface area contributed by atoms with Crippen molar-refractivity contribution in [2.24, 2.45) is 11.8 Å². The number of ether oxygens (including phenoxy) is 1. The molecule has 4 atom stereocenters. The fourth-order valence-electron chi connectivity index (χ4n) is 2.26. The van der Waals surface area contributed by atoms with E-state index in [9.17, 15) is 4.57 Å². The Morgan fingerprint density at radius 1 is 1.32 bits per heavy atom. The maximum atomic E-state index is 12.3. The van der Waals surface area contributed by atoms with Crippen molar-refractivity contribution in [1.29, 1.82) is 0 Å². The second-order valence-corrected chi connectivity index (χ2v) is 8.47. The van der Waals surface area contributed by atoms with Gasteiger partial charge in [-0.3, -0.25) is 4.57 Å². The lowest BCUT2D eigenvalue weighted by Crippen LogP contribution is -2.25. The molecule has 0 radical (unpaired) electrons. The van der Waals surface area contributed by atoms with Gasteiger partial charge in [0.05, 0.1) is 18.8 Å². The van der Waals surface area contributed by atoms with Crippen molar-refractivity contribution in [3.8, 4) is 0 Å². The fraction of sp³-hybridized carbons (Fsp3) is 1.00. The quantitative estimate of drug-likeness (QED) is 0.534. The van der Waals surface area contributed by atoms with E-state index in [2.05, 4.69) is 13.8 Å². The summed E-state index contributed by atoms with van der Waals surface area (Å²) in [6.07, 6.45) is 1.64. The minimum Gasteiger partial charge on any atom is -0.381 e. The molecule has 1 fully saturated rings. The largest absolute Gasteiger partial charge is 0.381 e. The Morgan fingerprint density at radius 2 is 1.95 bits per heavy atom. The van der Waals surface area contributed by atoms with Crippen LogP contribution in [0.3, 0.4) is 0 Å². The SMILES string of the molecule is B[C@H]1CC(OP(C)(=O)OCC(C)C)[C@@H](CC(C)C)O1. The smallest absolute Gasteiger partial charge is 0.328 e. The molecule has 1 rings (SSSR count). The van der Waals surface area contributed by atoms with Crippen molar-refractivity contribution >= 4 is 15.4 Å². The van der Waals surface area contributed by atoms with Crippen LogP contribution in [0.4, 0.5) is 0 Å². The standard InChI is InChI=1S/C13H28BO4P/c1-9(2)6-11-12(7-13(14)17-11)18-19(5,15)16-8-10(3)4/h9-13H,6-8,14H2,1-5H3/t11-,12?,13-,19?/m1/s1. The Balaban J connectivity index is 2.55. The lowest BCUT2D eigenvalue weighted by Gasteiger charge is -2.24. The van der Waals surface area contributed by atoms with Gasteiger partial charge in [-0.25, -0.2) is 0 Å². The van der Waals surface area contributed by atoms with E-state index >= 15 is 0 Å². The van der Waals surface area contributed by atoms with Crippen LogP contribution in [0.5, 0.6) is 0 Å². The fourth-order valence-corrected chi connectivity index (χ4v) is 3.61. The van der Waals surface area contributed by atoms with Crippen molar-refractivity contribution in [2.75, 3.05) is 13.3 Å². The van der Waals surface area contributed by atoms with Crippen LogP contribution in [0.2, 0.25) is 0 Å². The Morgan fingerprint density at radius 3 is 2.47 bits per heavy atom. The average molecular weight is 290 g/mol. The van der Waals surface area contributed by atoms with Crippen LogP contribution in [0, 0.1) is 11.8 Å². The van der Waals surface area contributed by atoms with E-state index < -0.39 is 7.60 Å². The summed E-state index contributed by atoms with van der Waals surface area (Å²) < 4.78 is 29.3. The van der Waals surface area contributed by atoms with E-state index in [1.54, 1.807) is 6.66 Å². The molecule has 1 saturated heterocycles. The predicted molar refractivity (Wildman–Crippen MR) is 80.5 cm³/mol. The van der Waals surface area contributed by atoms with Gasteiger partial charge in [0.15, 0.2) is 0 Å². The first-order chi connectivity index (χ1) is 8.69. The molecule has 112 valence electrons. The summed E-state index contributed by atoms with van der Waals surface area (Å²) in [5, 5.41) is 0. The van der Waals surface area contributed by atoms with Gasteiger partial charge in [-0.1, -0.05) is 27.7 Å². The van der Waals surface area contributed by atoms with E-state index in [0.717, 1.165) is 12.8 Å². The van der Waals surface area contributed by atoms with Gasteiger partial charge in [-0.2, -0.15) is 0 Å². The van der Waals surface area contributed by atoms with Crippen LogP contribution in [0.15, 0.2) is 0 Å². The summed E-state index contributed by atoms with van der Waals surface area (Å²) in [6.45, 7) is 10.4. The number of hydrogen-bond acceptors (Lipinski definition) is 4. The summed E-state index contributed by atoms with van der Waals surface area (Å²) in [4.78, 5) is 0. The van der Waals surface area contributed by atoms with E-state index in [1.807, 2.05) is 21.7 Å². The first kappa shape index (κ1) is 17.2. The van der Waals surface area contributed by atoms with Gasteiger partial charge in [-0.15, -0.1) is 0 Å². The molecule has 19 heavy (non-hydrogen) atoms. The highest BCUT2D eigenvalue weighted by molar-refractivity contribution is 7.53. The summed E-state index contributed by atoms with van der Waals surface area (Å²) in [5.74, 6) is 0.885. The highest BCUT2D eigenvalue weighted by Crippen LogP contribution is 2.48. The molecule has 0 aromatic heterocycles. The van der Waals surface area contributed by atoms with E-state index in [0.29, 0.717) is 18.4 Å². The van der Waals surface area contributed by atoms with Gasteiger partial charge in [0.1, 0.15) is 7.85 Å². The Bertz CT molecular complexity index is 322. The molecule has 0 amide bonds. The predicted octanol–water partition coefficient (Wildman–Crippen LogP) is 2.66. The summed E-state index contributed by atoms with van der Waals surface area (Å²) >= 11 is 0. The topological polar surface area (TPSA) is 44.8 Å². The first-order valence-corrected chi connectivity index (χ1v) is 9.24. The van der Waals surface area contributed by atoms with Crippen molar-refractivity contribution in [1.82, 2.24) is 0 Å². The van der Waals surface area contributed by atoms with Gasteiger partial charge >= 0.3 is 7.60 Å². The highest BCUT2D eigenvalue weighted by atomic mass is 31.2. The van der Waals surface area contributed by atoms with E-state index in [4.69, 9.17) is 13.8 Å². The Kier molecular flexibility index (Phi) is 6.58. The lowest BCUT2D eigenvalue weighted by molar-refractivity contribution is 0.0221. The number of rotatable bonds is 7. The normalized spacial score (nSPS) is 31.0. The maximum absolute atomic E-state index is 12.3. The van der Waals surface area contributed by atoms with Crippen LogP contribution >= 0.6 is 7.60 Å². The second kappa shape index (κ2) is 7.26. The third-order valence-corrected chi connectivity index (χ3v) is 4.33. The molecule has 1 heterocycles. The van der Waals surface area contributed by atoms with Crippen LogP contribution in [-0.4, -0.2) is 39.3 Å². The zero-order valence-electron chi connectivity index (χ0n) is 13.1. The van der Waals surface area contributed by atoms with Crippen LogP contribution in [-0.2, 0) is 18.3 Å². The molecule has 4 nitrogen and oxygen atoms in total. The molecule has 0 aliphatic carbocycles. The van der Waals surface area contributed by atoms with Gasteiger partial charge < -0.3 is 13.8 Å². The molecule has 1 aliphatic heterocycles. The summed E-state index contributed by atoms with van der Waals surface area (Å²) in [7, 11) is -0.949. The second-order valence-electron chi connectivity index (χ2n) is 6.46. The van der Waals surface area contributed by atoms with Gasteiger partial charge in [0.25, 0.3) is 0 Å². The zero-order valence-corrected chi connectivity index (χ0v) is 14.0. The molecule has 0 aromatic carbocycles. The Hall–Kier alpha value is 0.175. The molecule has 6 heteroatoms. The molecule has 0 saturated carbocycles. The number of hydrogen-bond donors (Lipinski definition) is 0. The lowest BCUT2D eigenvalue weighted by atomic mass is 9.95. The zero-order chi connectivity index (χ0) is 14.6. The molecular formula is C13H28BO4P. The minimum atomic E-state index is -2.98. The molecule has 0 bridgehead atoms. The highest BCUT2D eigenvalue weighted by Gasteiger charge is 2.37. The molecule has 0 aromatic rings. The summed E-state index contributed by atoms with van der Waals surface area (Å²) in [6, 6.07) is 0.166. The molecule has 2 unspecified atom stereocenters. The van der Waals surface area contributed by atoms with Crippen molar-refractivity contribution < 1.29 is 18.3 Å². The van der Waals surface area contributed by atoms with Crippen molar-refractivity contribution in [2.45, 2.75) is 58.7 Å². The molecular weight excluding hydrogens is 262 g/mol. The Labute approximate surface area is 118 Å². The van der Waals surface area contributed by atoms with Crippen molar-refractivity contribution in [3.63, 3.8) is 0 Å². The monoisotopic (exact) mass is 290 g/mol. The van der Waals surface area contributed by atoms with Crippen LogP contribution < -0.4 is 0 Å². The third kappa shape index (κ3) is 6.44. The summed E-state index contributed by atoms with van der Waals surface area (Å²) in [5.41, 5.74) is 0. The van der Waals surface area contributed by atoms with E-state index in [1.165, 1.54) is 0 Å². The van der Waals surface area contributed by atoms with Gasteiger partial charge in [0.2, 0.25) is 0 Å². The molecule has 0 N–H and O–H groups in total. The van der Waals surface area contributed by atoms with Crippen molar-refractivity contribution in [3.05, 3.63) is 0 Å². The minimum absolute atomic E-state index is 0.0333. The first-order valence-electron chi connectivity index (χ1n) is 7.25.